The van der Waals surface area contributed by atoms with Gasteiger partial charge in [0.1, 0.15) is 6.54 Å². The minimum Gasteiger partial charge on any atom is -0.480 e. The van der Waals surface area contributed by atoms with Crippen LogP contribution in [0.3, 0.4) is 0 Å². The summed E-state index contributed by atoms with van der Waals surface area (Å²) in [6, 6.07) is 53.4. The van der Waals surface area contributed by atoms with Crippen LogP contribution in [0, 0.1) is 0 Å². The van der Waals surface area contributed by atoms with Crippen molar-refractivity contribution in [2.24, 2.45) is 0 Å². The Morgan fingerprint density at radius 2 is 1.00 bits per heavy atom. The number of fused-ring (bicyclic) bond motifs is 6. The van der Waals surface area contributed by atoms with Crippen molar-refractivity contribution >= 4 is 57.0 Å². The number of carboxylic acids is 1. The number of hydrogen-bond acceptors (Lipinski definition) is 5. The summed E-state index contributed by atoms with van der Waals surface area (Å²) >= 11 is 1.65. The van der Waals surface area contributed by atoms with Crippen molar-refractivity contribution in [3.05, 3.63) is 185 Å². The highest BCUT2D eigenvalue weighted by Gasteiger charge is 2.38. The van der Waals surface area contributed by atoms with Crippen LogP contribution in [0.25, 0.3) is 53.9 Å². The third-order valence-corrected chi connectivity index (χ3v) is 14.4. The molecule has 1 N–H and O–H groups in total. The van der Waals surface area contributed by atoms with Crippen LogP contribution < -0.4 is 4.90 Å². The number of anilines is 3. The molecule has 0 unspecified atom stereocenters. The zero-order valence-electron chi connectivity index (χ0n) is 34.1. The topological polar surface area (TPSA) is 77.9 Å². The van der Waals surface area contributed by atoms with Crippen molar-refractivity contribution in [3.8, 4) is 43.1 Å². The first-order valence-electron chi connectivity index (χ1n) is 20.5. The predicted molar refractivity (Wildman–Crippen MR) is 246 cm³/mol. The molecule has 7 heteroatoms. The number of amides is 2. The summed E-state index contributed by atoms with van der Waals surface area (Å²) in [6.45, 7) is 8.62. The van der Waals surface area contributed by atoms with Crippen molar-refractivity contribution in [1.82, 2.24) is 4.90 Å². The van der Waals surface area contributed by atoms with E-state index in [1.165, 1.54) is 44.5 Å². The van der Waals surface area contributed by atoms with E-state index in [1.54, 1.807) is 29.5 Å². The molecule has 0 saturated heterocycles. The Hall–Kier alpha value is -7.09. The molecular weight excluding hydrogens is 773 g/mol. The lowest BCUT2D eigenvalue weighted by Crippen LogP contribution is -2.43. The summed E-state index contributed by atoms with van der Waals surface area (Å²) in [5, 5.41) is 10.7. The Kier molecular flexibility index (Phi) is 8.00. The maximum atomic E-state index is 13.3. The third kappa shape index (κ3) is 5.43. The van der Waals surface area contributed by atoms with Crippen LogP contribution >= 0.6 is 11.3 Å². The minimum atomic E-state index is -1.24. The number of thiophene rings is 1. The van der Waals surface area contributed by atoms with Gasteiger partial charge in [0.05, 0.1) is 0 Å². The number of carbonyl (C=O) groups is 3. The van der Waals surface area contributed by atoms with Crippen LogP contribution in [-0.4, -0.2) is 34.3 Å². The highest BCUT2D eigenvalue weighted by Crippen LogP contribution is 2.53. The normalized spacial score (nSPS) is 15.0. The van der Waals surface area contributed by atoms with Gasteiger partial charge in [-0.25, -0.2) is 0 Å². The number of carbonyl (C=O) groups excluding carboxylic acids is 2. The van der Waals surface area contributed by atoms with Gasteiger partial charge in [-0.1, -0.05) is 119 Å². The molecule has 0 bridgehead atoms. The number of hydrogen-bond donors (Lipinski definition) is 1. The van der Waals surface area contributed by atoms with Gasteiger partial charge in [0.15, 0.2) is 0 Å². The number of imide groups is 1. The molecular formula is C54H40N2O4S. The Balaban J connectivity index is 0.982. The summed E-state index contributed by atoms with van der Waals surface area (Å²) in [7, 11) is 0. The second-order valence-electron chi connectivity index (χ2n) is 17.3. The van der Waals surface area contributed by atoms with Crippen molar-refractivity contribution in [3.63, 3.8) is 0 Å². The second-order valence-corrected chi connectivity index (χ2v) is 18.4. The van der Waals surface area contributed by atoms with Gasteiger partial charge >= 0.3 is 5.97 Å². The number of aliphatic carboxylic acids is 1. The van der Waals surface area contributed by atoms with Gasteiger partial charge < -0.3 is 10.0 Å². The average molecular weight is 813 g/mol. The lowest BCUT2D eigenvalue weighted by molar-refractivity contribution is -0.137. The molecule has 11 rings (SSSR count). The molecule has 296 valence electrons. The quantitative estimate of drug-likeness (QED) is 0.162. The zero-order valence-corrected chi connectivity index (χ0v) is 34.9. The second kappa shape index (κ2) is 13.2. The van der Waals surface area contributed by atoms with E-state index in [9.17, 15) is 19.5 Å². The fourth-order valence-electron chi connectivity index (χ4n) is 10.2. The van der Waals surface area contributed by atoms with E-state index in [0.717, 1.165) is 48.2 Å². The molecule has 6 nitrogen and oxygen atoms in total. The van der Waals surface area contributed by atoms with Crippen LogP contribution in [0.4, 0.5) is 17.1 Å². The highest BCUT2D eigenvalue weighted by molar-refractivity contribution is 7.18. The first kappa shape index (κ1) is 36.9. The average Bonchev–Trinajstić information content (AvgIpc) is 3.91. The molecule has 0 radical (unpaired) electrons. The Morgan fingerprint density at radius 3 is 1.59 bits per heavy atom. The summed E-state index contributed by atoms with van der Waals surface area (Å²) < 4.78 is 0. The van der Waals surface area contributed by atoms with Gasteiger partial charge in [0.25, 0.3) is 11.8 Å². The molecule has 1 aliphatic heterocycles. The van der Waals surface area contributed by atoms with Crippen LogP contribution in [-0.2, 0) is 15.6 Å². The molecule has 7 aromatic carbocycles. The fraction of sp³-hybridized carbons (Fsp3) is 0.130. The molecule has 3 aliphatic rings. The van der Waals surface area contributed by atoms with Gasteiger partial charge in [0, 0.05) is 54.2 Å². The maximum Gasteiger partial charge on any atom is 0.323 e. The van der Waals surface area contributed by atoms with Gasteiger partial charge in [0.2, 0.25) is 0 Å². The minimum absolute atomic E-state index is 0.147. The van der Waals surface area contributed by atoms with E-state index in [0.29, 0.717) is 16.5 Å². The van der Waals surface area contributed by atoms with Gasteiger partial charge in [-0.3, -0.25) is 19.3 Å². The zero-order chi connectivity index (χ0) is 41.9. The molecule has 0 spiro atoms. The van der Waals surface area contributed by atoms with Crippen molar-refractivity contribution in [2.45, 2.75) is 38.5 Å². The largest absolute Gasteiger partial charge is 0.480 e. The molecule has 2 aliphatic carbocycles. The molecule has 0 saturated carbocycles. The summed E-state index contributed by atoms with van der Waals surface area (Å²) in [4.78, 5) is 43.4. The smallest absolute Gasteiger partial charge is 0.323 e. The predicted octanol–water partition coefficient (Wildman–Crippen LogP) is 13.0. The van der Waals surface area contributed by atoms with Gasteiger partial charge in [-0.05, 0) is 122 Å². The van der Waals surface area contributed by atoms with E-state index in [1.807, 2.05) is 12.1 Å². The van der Waals surface area contributed by atoms with E-state index in [2.05, 4.69) is 154 Å². The Labute approximate surface area is 358 Å². The summed E-state index contributed by atoms with van der Waals surface area (Å²) in [6.07, 6.45) is 0. The van der Waals surface area contributed by atoms with E-state index in [4.69, 9.17) is 0 Å². The lowest BCUT2D eigenvalue weighted by Gasteiger charge is -2.30. The molecule has 0 atom stereocenters. The van der Waals surface area contributed by atoms with E-state index in [-0.39, 0.29) is 10.8 Å². The van der Waals surface area contributed by atoms with Crippen LogP contribution in [0.5, 0.6) is 0 Å². The molecule has 2 amide bonds. The number of carboxylic acid groups (broad SMARTS) is 1. The van der Waals surface area contributed by atoms with Crippen LogP contribution in [0.2, 0.25) is 0 Å². The van der Waals surface area contributed by atoms with Crippen LogP contribution in [0.1, 0.15) is 70.7 Å². The molecule has 8 aromatic rings. The molecule has 61 heavy (non-hydrogen) atoms. The molecule has 1 aromatic heterocycles. The lowest BCUT2D eigenvalue weighted by atomic mass is 9.82. The monoisotopic (exact) mass is 812 g/mol. The standard InChI is InChI=1S/C54H40N2O4S/c1-53(2)43-14-7-5-10-35(43)37-22-20-33(28-45(37)53)56(34-21-23-38-36-11-6-8-15-44(36)54(3,4)46(38)29-34)32-18-16-31(17-19-32)47-26-27-48(61-47)39-24-25-42-50-40(39)12-9-13-41(50)51(59)55(52(42)60)30-49(57)58/h5-29H,30H2,1-4H3,(H,57,58). The number of benzene rings is 7. The Bertz CT molecular complexity index is 3080. The van der Waals surface area contributed by atoms with Crippen LogP contribution in [0.15, 0.2) is 152 Å². The molecule has 2 heterocycles. The number of nitrogens with zero attached hydrogens (tertiary/aromatic N) is 2. The first-order chi connectivity index (χ1) is 29.4. The van der Waals surface area contributed by atoms with E-state index < -0.39 is 24.3 Å². The first-order valence-corrected chi connectivity index (χ1v) is 21.4. The SMILES string of the molecule is CC1(C)c2ccccc2-c2ccc(N(c3ccc(-c4ccc(-c5ccc6c7c(cccc57)C(=O)N(CC(=O)O)C6=O)s4)cc3)c3ccc4c(c3)C(C)(C)c3ccccc3-4)cc21. The highest BCUT2D eigenvalue weighted by atomic mass is 32.1. The fourth-order valence-corrected chi connectivity index (χ4v) is 11.2. The summed E-state index contributed by atoms with van der Waals surface area (Å²) in [5.41, 5.74) is 16.1. The van der Waals surface area contributed by atoms with E-state index >= 15 is 0 Å². The van der Waals surface area contributed by atoms with Gasteiger partial charge in [-0.15, -0.1) is 11.3 Å². The Morgan fingerprint density at radius 1 is 0.525 bits per heavy atom. The maximum absolute atomic E-state index is 13.3. The van der Waals surface area contributed by atoms with Crippen molar-refractivity contribution in [2.75, 3.05) is 11.4 Å². The number of rotatable bonds is 7. The molecule has 0 fully saturated rings. The summed E-state index contributed by atoms with van der Waals surface area (Å²) in [5.74, 6) is -2.42. The third-order valence-electron chi connectivity index (χ3n) is 13.2. The van der Waals surface area contributed by atoms with Crippen molar-refractivity contribution in [1.29, 1.82) is 0 Å². The van der Waals surface area contributed by atoms with Gasteiger partial charge in [-0.2, -0.15) is 0 Å². The van der Waals surface area contributed by atoms with Crippen molar-refractivity contribution < 1.29 is 19.5 Å².